The molecule has 0 aliphatic carbocycles. The molecule has 0 spiro atoms. The summed E-state index contributed by atoms with van der Waals surface area (Å²) >= 11 is 2.15. The van der Waals surface area contributed by atoms with Crippen LogP contribution in [-0.2, 0) is 14.6 Å². The monoisotopic (exact) mass is 514 g/mol. The third-order valence-electron chi connectivity index (χ3n) is 5.00. The first-order valence-corrected chi connectivity index (χ1v) is 11.8. The lowest BCUT2D eigenvalue weighted by Crippen LogP contribution is -2.28. The number of pyridine rings is 1. The fourth-order valence-electron chi connectivity index (χ4n) is 3.29. The molecule has 1 saturated heterocycles. The van der Waals surface area contributed by atoms with Crippen LogP contribution in [0, 0.1) is 3.70 Å². The Morgan fingerprint density at radius 2 is 2.07 bits per heavy atom. The number of nitrogens with zero attached hydrogens (tertiary/aromatic N) is 4. The highest BCUT2D eigenvalue weighted by Crippen LogP contribution is 2.34. The van der Waals surface area contributed by atoms with Crippen LogP contribution in [0.1, 0.15) is 46.3 Å². The second kappa shape index (κ2) is 7.10. The number of halogens is 1. The van der Waals surface area contributed by atoms with E-state index < -0.39 is 14.6 Å². The minimum absolute atomic E-state index is 0.0960. The maximum atomic E-state index is 13.3. The molecule has 7 nitrogen and oxygen atoms in total. The first-order valence-electron chi connectivity index (χ1n) is 9.27. The highest BCUT2D eigenvalue weighted by atomic mass is 127. The molecule has 0 N–H and O–H groups in total. The summed E-state index contributed by atoms with van der Waals surface area (Å²) in [4.78, 5) is 4.65. The van der Waals surface area contributed by atoms with E-state index in [0.29, 0.717) is 16.9 Å². The Bertz CT molecular complexity index is 1120. The Labute approximate surface area is 178 Å². The molecule has 0 aromatic carbocycles. The molecule has 150 valence electrons. The molecule has 4 rings (SSSR count). The van der Waals surface area contributed by atoms with Gasteiger partial charge in [0.2, 0.25) is 0 Å². The summed E-state index contributed by atoms with van der Waals surface area (Å²) in [6, 6.07) is 3.65. The Morgan fingerprint density at radius 1 is 1.29 bits per heavy atom. The second-order valence-corrected chi connectivity index (χ2v) is 11.8. The molecule has 3 aromatic rings. The smallest absolute Gasteiger partial charge is 0.185 e. The van der Waals surface area contributed by atoms with E-state index in [2.05, 4.69) is 32.7 Å². The van der Waals surface area contributed by atoms with Crippen LogP contribution in [0.4, 0.5) is 0 Å². The predicted molar refractivity (Wildman–Crippen MR) is 115 cm³/mol. The summed E-state index contributed by atoms with van der Waals surface area (Å²) in [7, 11) is -3.59. The van der Waals surface area contributed by atoms with Gasteiger partial charge in [-0.15, -0.1) is 0 Å². The Hall–Kier alpha value is -1.46. The van der Waals surface area contributed by atoms with Gasteiger partial charge in [0.25, 0.3) is 0 Å². The summed E-state index contributed by atoms with van der Waals surface area (Å²) in [6.45, 7) is 5.86. The Kier molecular flexibility index (Phi) is 5.03. The first-order chi connectivity index (χ1) is 13.2. The van der Waals surface area contributed by atoms with Gasteiger partial charge in [-0.1, -0.05) is 0 Å². The highest BCUT2D eigenvalue weighted by molar-refractivity contribution is 14.1. The fraction of sp³-hybridized carbons (Fsp3) is 0.474. The average molecular weight is 514 g/mol. The highest BCUT2D eigenvalue weighted by Gasteiger charge is 2.34. The zero-order chi connectivity index (χ0) is 20.1. The largest absolute Gasteiger partial charge is 0.357 e. The normalized spacial score (nSPS) is 18.6. The molecule has 9 heteroatoms. The van der Waals surface area contributed by atoms with Gasteiger partial charge in [-0.3, -0.25) is 4.40 Å². The van der Waals surface area contributed by atoms with E-state index in [4.69, 9.17) is 4.74 Å². The molecule has 28 heavy (non-hydrogen) atoms. The molecular weight excluding hydrogens is 491 g/mol. The standard InChI is InChI=1S/C19H23IN4O3S/c1-19(2,3)28(25,26)15-12-23-16(20)11-21-17(23)10-13(15)14-7-8-24(22-14)18-6-4-5-9-27-18/h7-8,10-12,18H,4-6,9H2,1-3H3. The van der Waals surface area contributed by atoms with Gasteiger partial charge < -0.3 is 4.74 Å². The van der Waals surface area contributed by atoms with Crippen molar-refractivity contribution < 1.29 is 13.2 Å². The number of imidazole rings is 1. The third-order valence-corrected chi connectivity index (χ3v) is 8.31. The summed E-state index contributed by atoms with van der Waals surface area (Å²) in [6.07, 6.45) is 8.22. The topological polar surface area (TPSA) is 78.5 Å². The number of hydrogen-bond acceptors (Lipinski definition) is 5. The maximum Gasteiger partial charge on any atom is 0.185 e. The molecule has 0 saturated carbocycles. The molecular formula is C19H23IN4O3S. The van der Waals surface area contributed by atoms with Crippen LogP contribution in [0.3, 0.4) is 0 Å². The van der Waals surface area contributed by atoms with Crippen LogP contribution < -0.4 is 0 Å². The molecule has 4 heterocycles. The van der Waals surface area contributed by atoms with Gasteiger partial charge in [0.15, 0.2) is 9.84 Å². The molecule has 1 fully saturated rings. The minimum atomic E-state index is -3.59. The van der Waals surface area contributed by atoms with E-state index in [-0.39, 0.29) is 11.1 Å². The van der Waals surface area contributed by atoms with E-state index in [1.54, 1.807) is 48.3 Å². The number of ether oxygens (including phenoxy) is 1. The van der Waals surface area contributed by atoms with Crippen LogP contribution in [0.25, 0.3) is 16.9 Å². The summed E-state index contributed by atoms with van der Waals surface area (Å²) in [5.41, 5.74) is 1.87. The Balaban J connectivity index is 1.88. The SMILES string of the molecule is CC(C)(C)S(=O)(=O)c1cn2c(I)cnc2cc1-c1ccn(C2CCCCO2)n1. The molecule has 0 bridgehead atoms. The number of hydrogen-bond donors (Lipinski definition) is 0. The fourth-order valence-corrected chi connectivity index (χ4v) is 5.18. The van der Waals surface area contributed by atoms with Crippen LogP contribution in [0.5, 0.6) is 0 Å². The number of rotatable bonds is 3. The van der Waals surface area contributed by atoms with Crippen LogP contribution in [-0.4, -0.2) is 38.9 Å². The lowest BCUT2D eigenvalue weighted by Gasteiger charge is -2.23. The molecule has 1 aliphatic heterocycles. The minimum Gasteiger partial charge on any atom is -0.357 e. The van der Waals surface area contributed by atoms with Crippen molar-refractivity contribution >= 4 is 38.1 Å². The van der Waals surface area contributed by atoms with Crippen LogP contribution in [0.2, 0.25) is 0 Å². The zero-order valence-electron chi connectivity index (χ0n) is 16.1. The van der Waals surface area contributed by atoms with Gasteiger partial charge >= 0.3 is 0 Å². The molecule has 0 radical (unpaired) electrons. The number of sulfone groups is 1. The van der Waals surface area contributed by atoms with Crippen molar-refractivity contribution in [1.82, 2.24) is 19.2 Å². The number of fused-ring (bicyclic) bond motifs is 1. The van der Waals surface area contributed by atoms with Crippen molar-refractivity contribution in [2.45, 2.75) is 55.9 Å². The van der Waals surface area contributed by atoms with Crippen molar-refractivity contribution in [1.29, 1.82) is 0 Å². The third kappa shape index (κ3) is 3.37. The van der Waals surface area contributed by atoms with Crippen molar-refractivity contribution in [3.05, 3.63) is 34.4 Å². The maximum absolute atomic E-state index is 13.3. The van der Waals surface area contributed by atoms with E-state index in [1.165, 1.54) is 0 Å². The van der Waals surface area contributed by atoms with E-state index in [9.17, 15) is 8.42 Å². The summed E-state index contributed by atoms with van der Waals surface area (Å²) < 4.78 is 36.0. The predicted octanol–water partition coefficient (Wildman–Crippen LogP) is 4.07. The van der Waals surface area contributed by atoms with Crippen molar-refractivity contribution in [2.75, 3.05) is 6.61 Å². The van der Waals surface area contributed by atoms with Crippen molar-refractivity contribution in [3.8, 4) is 11.3 Å². The summed E-state index contributed by atoms with van der Waals surface area (Å²) in [5.74, 6) is 0. The molecule has 1 aliphatic rings. The van der Waals surface area contributed by atoms with Crippen LogP contribution in [0.15, 0.2) is 35.6 Å². The van der Waals surface area contributed by atoms with Gasteiger partial charge in [-0.05, 0) is 74.8 Å². The molecule has 1 unspecified atom stereocenters. The lowest BCUT2D eigenvalue weighted by atomic mass is 10.2. The zero-order valence-corrected chi connectivity index (χ0v) is 19.1. The quantitative estimate of drug-likeness (QED) is 0.493. The van der Waals surface area contributed by atoms with Crippen molar-refractivity contribution in [2.24, 2.45) is 0 Å². The second-order valence-electron chi connectivity index (χ2n) is 7.98. The van der Waals surface area contributed by atoms with Gasteiger partial charge in [0.05, 0.1) is 21.5 Å². The average Bonchev–Trinajstić information content (AvgIpc) is 3.28. The summed E-state index contributed by atoms with van der Waals surface area (Å²) in [5, 5.41) is 4.66. The van der Waals surface area contributed by atoms with Gasteiger partial charge in [0.1, 0.15) is 15.6 Å². The molecule has 1 atom stereocenters. The lowest BCUT2D eigenvalue weighted by molar-refractivity contribution is -0.0393. The van der Waals surface area contributed by atoms with E-state index in [0.717, 1.165) is 29.6 Å². The van der Waals surface area contributed by atoms with Crippen LogP contribution >= 0.6 is 22.6 Å². The van der Waals surface area contributed by atoms with Gasteiger partial charge in [-0.25, -0.2) is 18.1 Å². The van der Waals surface area contributed by atoms with Gasteiger partial charge in [-0.2, -0.15) is 5.10 Å². The van der Waals surface area contributed by atoms with E-state index >= 15 is 0 Å². The van der Waals surface area contributed by atoms with Gasteiger partial charge in [0, 0.05) is 24.6 Å². The first kappa shape index (κ1) is 19.8. The van der Waals surface area contributed by atoms with Crippen molar-refractivity contribution in [3.63, 3.8) is 0 Å². The number of aromatic nitrogens is 4. The molecule has 3 aromatic heterocycles. The molecule has 0 amide bonds. The Morgan fingerprint density at radius 3 is 2.75 bits per heavy atom. The van der Waals surface area contributed by atoms with E-state index in [1.807, 2.05) is 12.3 Å².